The topological polar surface area (TPSA) is 31.6 Å². The van der Waals surface area contributed by atoms with Crippen LogP contribution in [0.1, 0.15) is 30.2 Å². The van der Waals surface area contributed by atoms with Crippen LogP contribution in [-0.2, 0) is 13.0 Å². The summed E-state index contributed by atoms with van der Waals surface area (Å²) in [5, 5.41) is 10.0. The van der Waals surface area contributed by atoms with E-state index in [0.29, 0.717) is 6.04 Å². The minimum absolute atomic E-state index is 0.239. The number of rotatable bonds is 2. The Hall–Kier alpha value is -0.840. The minimum atomic E-state index is -0.239. The van der Waals surface area contributed by atoms with Crippen molar-refractivity contribution in [1.29, 1.82) is 0 Å². The van der Waals surface area contributed by atoms with E-state index in [1.54, 1.807) is 0 Å². The molecule has 1 aromatic heterocycles. The van der Waals surface area contributed by atoms with Gasteiger partial charge in [0.25, 0.3) is 0 Å². The predicted molar refractivity (Wildman–Crippen MR) is 76.2 cm³/mol. The molecule has 1 aliphatic carbocycles. The van der Waals surface area contributed by atoms with Crippen LogP contribution in [0.25, 0.3) is 0 Å². The van der Waals surface area contributed by atoms with E-state index in [-0.39, 0.29) is 6.10 Å². The lowest BCUT2D eigenvalue weighted by molar-refractivity contribution is 0.102. The van der Waals surface area contributed by atoms with Crippen LogP contribution in [0.5, 0.6) is 0 Å². The Kier molecular flexibility index (Phi) is 3.65. The Bertz CT molecular complexity index is 443. The largest absolute Gasteiger partial charge is 0.388 e. The molecule has 0 bridgehead atoms. The summed E-state index contributed by atoms with van der Waals surface area (Å²) in [7, 11) is 4.43. The Morgan fingerprint density at radius 1 is 1.32 bits per heavy atom. The fourth-order valence-electron chi connectivity index (χ4n) is 3.43. The van der Waals surface area contributed by atoms with Crippen molar-refractivity contribution >= 4 is 0 Å². The molecule has 2 unspecified atom stereocenters. The molecule has 1 fully saturated rings. The van der Waals surface area contributed by atoms with Gasteiger partial charge in [0.05, 0.1) is 6.10 Å². The van der Waals surface area contributed by atoms with Gasteiger partial charge in [-0.05, 0) is 39.4 Å². The van der Waals surface area contributed by atoms with Gasteiger partial charge in [-0.25, -0.2) is 0 Å². The standard InChI is InChI=1S/C15H25N3O/c1-16-8-9-17(2)12(10-16)11-18-7-6-13-14(18)4-3-5-15(13)19/h6-7,12,15,19H,3-5,8-11H2,1-2H3. The van der Waals surface area contributed by atoms with Crippen LogP contribution in [0.15, 0.2) is 12.3 Å². The molecule has 0 spiro atoms. The van der Waals surface area contributed by atoms with Crippen molar-refractivity contribution in [2.45, 2.75) is 38.0 Å². The highest BCUT2D eigenvalue weighted by molar-refractivity contribution is 5.27. The van der Waals surface area contributed by atoms with Gasteiger partial charge in [-0.2, -0.15) is 0 Å². The van der Waals surface area contributed by atoms with E-state index < -0.39 is 0 Å². The summed E-state index contributed by atoms with van der Waals surface area (Å²) in [5.74, 6) is 0. The second kappa shape index (κ2) is 5.27. The van der Waals surface area contributed by atoms with Crippen molar-refractivity contribution in [3.63, 3.8) is 0 Å². The van der Waals surface area contributed by atoms with E-state index in [4.69, 9.17) is 0 Å². The predicted octanol–water partition coefficient (Wildman–Crippen LogP) is 1.10. The van der Waals surface area contributed by atoms with Crippen LogP contribution in [-0.4, -0.2) is 59.2 Å². The Labute approximate surface area is 115 Å². The summed E-state index contributed by atoms with van der Waals surface area (Å²) >= 11 is 0. The number of piperazine rings is 1. The van der Waals surface area contributed by atoms with Gasteiger partial charge in [0.1, 0.15) is 0 Å². The molecule has 2 aliphatic rings. The molecule has 19 heavy (non-hydrogen) atoms. The number of fused-ring (bicyclic) bond motifs is 1. The van der Waals surface area contributed by atoms with Crippen molar-refractivity contribution in [1.82, 2.24) is 14.4 Å². The summed E-state index contributed by atoms with van der Waals surface area (Å²) in [6.07, 6.45) is 5.08. The van der Waals surface area contributed by atoms with Gasteiger partial charge in [-0.3, -0.25) is 4.90 Å². The SMILES string of the molecule is CN1CCN(C)C(Cn2ccc3c2CCCC3O)C1. The van der Waals surface area contributed by atoms with Gasteiger partial charge in [0, 0.05) is 49.7 Å². The van der Waals surface area contributed by atoms with Gasteiger partial charge >= 0.3 is 0 Å². The molecule has 2 heterocycles. The third-order valence-electron chi connectivity index (χ3n) is 4.75. The molecule has 0 radical (unpaired) electrons. The fraction of sp³-hybridized carbons (Fsp3) is 0.733. The van der Waals surface area contributed by atoms with Crippen molar-refractivity contribution < 1.29 is 5.11 Å². The lowest BCUT2D eigenvalue weighted by Crippen LogP contribution is -2.51. The van der Waals surface area contributed by atoms with Crippen LogP contribution in [0, 0.1) is 0 Å². The highest BCUT2D eigenvalue weighted by Gasteiger charge is 2.25. The van der Waals surface area contributed by atoms with Crippen molar-refractivity contribution in [2.24, 2.45) is 0 Å². The summed E-state index contributed by atoms with van der Waals surface area (Å²) in [5.41, 5.74) is 2.53. The Morgan fingerprint density at radius 3 is 3.00 bits per heavy atom. The van der Waals surface area contributed by atoms with Crippen molar-refractivity contribution in [3.8, 4) is 0 Å². The molecule has 3 rings (SSSR count). The number of aliphatic hydroxyl groups excluding tert-OH is 1. The van der Waals surface area contributed by atoms with Gasteiger partial charge in [-0.15, -0.1) is 0 Å². The third kappa shape index (κ3) is 2.57. The molecular formula is C15H25N3O. The molecule has 0 aromatic carbocycles. The molecule has 0 saturated carbocycles. The van der Waals surface area contributed by atoms with Crippen LogP contribution < -0.4 is 0 Å². The maximum atomic E-state index is 10.0. The Morgan fingerprint density at radius 2 is 2.16 bits per heavy atom. The van der Waals surface area contributed by atoms with Gasteiger partial charge < -0.3 is 14.6 Å². The average Bonchev–Trinajstić information content (AvgIpc) is 2.79. The number of aromatic nitrogens is 1. The zero-order chi connectivity index (χ0) is 13.4. The summed E-state index contributed by atoms with van der Waals surface area (Å²) < 4.78 is 2.37. The van der Waals surface area contributed by atoms with E-state index in [9.17, 15) is 5.11 Å². The monoisotopic (exact) mass is 263 g/mol. The smallest absolute Gasteiger partial charge is 0.0807 e. The van der Waals surface area contributed by atoms with Gasteiger partial charge in [0.15, 0.2) is 0 Å². The molecule has 106 valence electrons. The number of likely N-dealkylation sites (N-methyl/N-ethyl adjacent to an activating group) is 2. The molecule has 1 aliphatic heterocycles. The summed E-state index contributed by atoms with van der Waals surface area (Å²) in [4.78, 5) is 4.88. The molecule has 1 N–H and O–H groups in total. The number of aliphatic hydroxyl groups is 1. The summed E-state index contributed by atoms with van der Waals surface area (Å²) in [6, 6.07) is 2.69. The second-order valence-electron chi connectivity index (χ2n) is 6.17. The van der Waals surface area contributed by atoms with Crippen molar-refractivity contribution in [2.75, 3.05) is 33.7 Å². The molecule has 0 amide bonds. The highest BCUT2D eigenvalue weighted by atomic mass is 16.3. The van der Waals surface area contributed by atoms with Crippen LogP contribution in [0.4, 0.5) is 0 Å². The molecular weight excluding hydrogens is 238 g/mol. The maximum Gasteiger partial charge on any atom is 0.0807 e. The van der Waals surface area contributed by atoms with E-state index in [2.05, 4.69) is 40.7 Å². The molecule has 4 heteroatoms. The normalized spacial score (nSPS) is 29.4. The van der Waals surface area contributed by atoms with Gasteiger partial charge in [-0.1, -0.05) is 0 Å². The van der Waals surface area contributed by atoms with Crippen LogP contribution in [0.2, 0.25) is 0 Å². The number of hydrogen-bond donors (Lipinski definition) is 1. The first-order chi connectivity index (χ1) is 9.15. The first-order valence-electron chi connectivity index (χ1n) is 7.40. The van der Waals surface area contributed by atoms with E-state index in [1.807, 2.05) is 0 Å². The van der Waals surface area contributed by atoms with Crippen LogP contribution >= 0.6 is 0 Å². The highest BCUT2D eigenvalue weighted by Crippen LogP contribution is 2.30. The molecule has 4 nitrogen and oxygen atoms in total. The van der Waals surface area contributed by atoms with Gasteiger partial charge in [0.2, 0.25) is 0 Å². The quantitative estimate of drug-likeness (QED) is 0.867. The summed E-state index contributed by atoms with van der Waals surface area (Å²) in [6.45, 7) is 4.48. The van der Waals surface area contributed by atoms with E-state index >= 15 is 0 Å². The average molecular weight is 263 g/mol. The Balaban J connectivity index is 1.76. The number of nitrogens with zero attached hydrogens (tertiary/aromatic N) is 3. The lowest BCUT2D eigenvalue weighted by Gasteiger charge is -2.38. The second-order valence-corrected chi connectivity index (χ2v) is 6.17. The third-order valence-corrected chi connectivity index (χ3v) is 4.75. The zero-order valence-corrected chi connectivity index (χ0v) is 12.0. The molecule has 1 saturated heterocycles. The van der Waals surface area contributed by atoms with Crippen molar-refractivity contribution in [3.05, 3.63) is 23.5 Å². The number of hydrogen-bond acceptors (Lipinski definition) is 3. The maximum absolute atomic E-state index is 10.0. The minimum Gasteiger partial charge on any atom is -0.388 e. The van der Waals surface area contributed by atoms with E-state index in [1.165, 1.54) is 5.69 Å². The first kappa shape index (κ1) is 13.2. The fourth-order valence-corrected chi connectivity index (χ4v) is 3.43. The molecule has 2 atom stereocenters. The van der Waals surface area contributed by atoms with Crippen LogP contribution in [0.3, 0.4) is 0 Å². The zero-order valence-electron chi connectivity index (χ0n) is 12.0. The molecule has 1 aromatic rings. The first-order valence-corrected chi connectivity index (χ1v) is 7.40. The van der Waals surface area contributed by atoms with E-state index in [0.717, 1.165) is 51.0 Å². The lowest BCUT2D eigenvalue weighted by atomic mass is 9.95.